The standard InChI is InChI=1S/C20H22N2O7/c1-13(19(23)14-4-7-16(28-3)8-5-14)29-20(24)15-6-9-17(21-10-11-27-2)18(12-15)22(25)26/h4-9,12-13,21H,10-11H2,1-3H3/t13-/m1/s1. The molecule has 0 spiro atoms. The molecule has 9 nitrogen and oxygen atoms in total. The van der Waals surface area contributed by atoms with Crippen molar-refractivity contribution in [3.63, 3.8) is 0 Å². The molecule has 0 saturated carbocycles. The van der Waals surface area contributed by atoms with E-state index in [4.69, 9.17) is 14.2 Å². The minimum Gasteiger partial charge on any atom is -0.497 e. The summed E-state index contributed by atoms with van der Waals surface area (Å²) < 4.78 is 15.1. The van der Waals surface area contributed by atoms with Crippen LogP contribution >= 0.6 is 0 Å². The van der Waals surface area contributed by atoms with E-state index in [2.05, 4.69) is 5.32 Å². The number of esters is 1. The number of rotatable bonds is 10. The number of hydrogen-bond donors (Lipinski definition) is 1. The van der Waals surface area contributed by atoms with Crippen LogP contribution in [-0.4, -0.2) is 50.2 Å². The lowest BCUT2D eigenvalue weighted by Gasteiger charge is -2.13. The zero-order valence-electron chi connectivity index (χ0n) is 16.3. The van der Waals surface area contributed by atoms with Crippen LogP contribution in [0.15, 0.2) is 42.5 Å². The Hall–Kier alpha value is -3.46. The van der Waals surface area contributed by atoms with E-state index in [0.717, 1.165) is 6.07 Å². The fraction of sp³-hybridized carbons (Fsp3) is 0.300. The molecule has 0 aromatic heterocycles. The van der Waals surface area contributed by atoms with Gasteiger partial charge in [0.05, 0.1) is 24.2 Å². The van der Waals surface area contributed by atoms with Crippen molar-refractivity contribution in [1.29, 1.82) is 0 Å². The highest BCUT2D eigenvalue weighted by Crippen LogP contribution is 2.26. The van der Waals surface area contributed by atoms with Gasteiger partial charge in [0.25, 0.3) is 5.69 Å². The van der Waals surface area contributed by atoms with Crippen molar-refractivity contribution in [2.45, 2.75) is 13.0 Å². The summed E-state index contributed by atoms with van der Waals surface area (Å²) >= 11 is 0. The zero-order valence-corrected chi connectivity index (χ0v) is 16.3. The molecule has 9 heteroatoms. The van der Waals surface area contributed by atoms with Crippen molar-refractivity contribution in [1.82, 2.24) is 0 Å². The average Bonchev–Trinajstić information content (AvgIpc) is 2.73. The van der Waals surface area contributed by atoms with Crippen LogP contribution in [0.2, 0.25) is 0 Å². The van der Waals surface area contributed by atoms with Gasteiger partial charge in [-0.05, 0) is 43.3 Å². The molecule has 0 radical (unpaired) electrons. The summed E-state index contributed by atoms with van der Waals surface area (Å²) in [4.78, 5) is 35.5. The number of nitro groups is 1. The Balaban J connectivity index is 2.11. The Labute approximate surface area is 167 Å². The van der Waals surface area contributed by atoms with Gasteiger partial charge in [0.15, 0.2) is 6.10 Å². The van der Waals surface area contributed by atoms with E-state index in [9.17, 15) is 19.7 Å². The third-order valence-corrected chi connectivity index (χ3v) is 4.08. The average molecular weight is 402 g/mol. The molecule has 0 amide bonds. The Morgan fingerprint density at radius 3 is 2.34 bits per heavy atom. The monoisotopic (exact) mass is 402 g/mol. The number of carbonyl (C=O) groups is 2. The minimum atomic E-state index is -1.06. The Kier molecular flexibility index (Phi) is 7.67. The first-order valence-electron chi connectivity index (χ1n) is 8.78. The van der Waals surface area contributed by atoms with Crippen molar-refractivity contribution >= 4 is 23.1 Å². The molecule has 2 aromatic rings. The van der Waals surface area contributed by atoms with Crippen LogP contribution in [0.4, 0.5) is 11.4 Å². The molecule has 0 heterocycles. The lowest BCUT2D eigenvalue weighted by molar-refractivity contribution is -0.384. The van der Waals surface area contributed by atoms with Crippen LogP contribution in [0.5, 0.6) is 5.75 Å². The normalized spacial score (nSPS) is 11.4. The van der Waals surface area contributed by atoms with Gasteiger partial charge in [-0.3, -0.25) is 14.9 Å². The van der Waals surface area contributed by atoms with Gasteiger partial charge in [0, 0.05) is 25.3 Å². The predicted octanol–water partition coefficient (Wildman–Crippen LogP) is 3.09. The molecular weight excluding hydrogens is 380 g/mol. The molecule has 0 aliphatic carbocycles. The number of nitro benzene ring substituents is 1. The molecule has 1 N–H and O–H groups in total. The Morgan fingerprint density at radius 2 is 1.76 bits per heavy atom. The highest BCUT2D eigenvalue weighted by atomic mass is 16.6. The number of Topliss-reactive ketones (excluding diaryl/α,β-unsaturated/α-hetero) is 1. The molecular formula is C20H22N2O7. The van der Waals surface area contributed by atoms with Crippen LogP contribution < -0.4 is 10.1 Å². The van der Waals surface area contributed by atoms with Gasteiger partial charge in [-0.2, -0.15) is 0 Å². The summed E-state index contributed by atoms with van der Waals surface area (Å²) in [6.07, 6.45) is -1.06. The Morgan fingerprint density at radius 1 is 1.10 bits per heavy atom. The highest BCUT2D eigenvalue weighted by Gasteiger charge is 2.23. The first kappa shape index (κ1) is 21.8. The van der Waals surface area contributed by atoms with E-state index in [-0.39, 0.29) is 16.9 Å². The van der Waals surface area contributed by atoms with Crippen molar-refractivity contribution in [2.75, 3.05) is 32.7 Å². The number of ketones is 1. The van der Waals surface area contributed by atoms with Crippen molar-refractivity contribution in [3.05, 3.63) is 63.7 Å². The number of nitrogens with zero attached hydrogens (tertiary/aromatic N) is 1. The number of nitrogens with one attached hydrogen (secondary N) is 1. The van der Waals surface area contributed by atoms with E-state index in [0.29, 0.717) is 24.5 Å². The van der Waals surface area contributed by atoms with Gasteiger partial charge >= 0.3 is 5.97 Å². The molecule has 29 heavy (non-hydrogen) atoms. The lowest BCUT2D eigenvalue weighted by atomic mass is 10.1. The first-order chi connectivity index (χ1) is 13.9. The fourth-order valence-electron chi connectivity index (χ4n) is 2.52. The van der Waals surface area contributed by atoms with Crippen LogP contribution in [0.3, 0.4) is 0 Å². The van der Waals surface area contributed by atoms with Gasteiger partial charge in [-0.25, -0.2) is 4.79 Å². The van der Waals surface area contributed by atoms with Gasteiger partial charge in [-0.15, -0.1) is 0 Å². The van der Waals surface area contributed by atoms with Crippen LogP contribution in [-0.2, 0) is 9.47 Å². The van der Waals surface area contributed by atoms with Crippen LogP contribution in [0.1, 0.15) is 27.6 Å². The van der Waals surface area contributed by atoms with Crippen molar-refractivity contribution in [3.8, 4) is 5.75 Å². The van der Waals surface area contributed by atoms with E-state index < -0.39 is 22.8 Å². The van der Waals surface area contributed by atoms with E-state index in [1.807, 2.05) is 0 Å². The molecule has 0 bridgehead atoms. The predicted molar refractivity (Wildman–Crippen MR) is 106 cm³/mol. The van der Waals surface area contributed by atoms with Crippen LogP contribution in [0, 0.1) is 10.1 Å². The number of benzene rings is 2. The molecule has 0 fully saturated rings. The van der Waals surface area contributed by atoms with Gasteiger partial charge < -0.3 is 19.5 Å². The topological polar surface area (TPSA) is 117 Å². The largest absolute Gasteiger partial charge is 0.497 e. The number of carbonyl (C=O) groups excluding carboxylic acids is 2. The summed E-state index contributed by atoms with van der Waals surface area (Å²) in [5.74, 6) is -0.628. The maximum absolute atomic E-state index is 12.4. The summed E-state index contributed by atoms with van der Waals surface area (Å²) in [7, 11) is 3.03. The van der Waals surface area contributed by atoms with Crippen molar-refractivity contribution in [2.24, 2.45) is 0 Å². The van der Waals surface area contributed by atoms with Gasteiger partial charge in [-0.1, -0.05) is 0 Å². The summed E-state index contributed by atoms with van der Waals surface area (Å²) in [6, 6.07) is 10.3. The summed E-state index contributed by atoms with van der Waals surface area (Å²) in [5, 5.41) is 14.2. The second-order valence-electron chi connectivity index (χ2n) is 6.05. The van der Waals surface area contributed by atoms with Crippen molar-refractivity contribution < 1.29 is 28.7 Å². The molecule has 0 saturated heterocycles. The fourth-order valence-corrected chi connectivity index (χ4v) is 2.52. The molecule has 0 aliphatic heterocycles. The smallest absolute Gasteiger partial charge is 0.339 e. The molecule has 1 atom stereocenters. The second-order valence-corrected chi connectivity index (χ2v) is 6.05. The third kappa shape index (κ3) is 5.76. The maximum atomic E-state index is 12.4. The maximum Gasteiger partial charge on any atom is 0.339 e. The molecule has 0 unspecified atom stereocenters. The summed E-state index contributed by atoms with van der Waals surface area (Å²) in [6.45, 7) is 2.18. The number of hydrogen-bond acceptors (Lipinski definition) is 8. The van der Waals surface area contributed by atoms with Gasteiger partial charge in [0.2, 0.25) is 5.78 Å². The minimum absolute atomic E-state index is 0.0247. The highest BCUT2D eigenvalue weighted by molar-refractivity contribution is 6.01. The van der Waals surface area contributed by atoms with Crippen LogP contribution in [0.25, 0.3) is 0 Å². The molecule has 0 aliphatic rings. The number of methoxy groups -OCH3 is 2. The quantitative estimate of drug-likeness (QED) is 0.212. The Bertz CT molecular complexity index is 881. The molecule has 2 aromatic carbocycles. The van der Waals surface area contributed by atoms with E-state index in [1.165, 1.54) is 33.3 Å². The summed E-state index contributed by atoms with van der Waals surface area (Å²) in [5.41, 5.74) is 0.314. The second kappa shape index (κ2) is 10.2. The SMILES string of the molecule is COCCNc1ccc(C(=O)O[C@H](C)C(=O)c2ccc(OC)cc2)cc1[N+](=O)[O-]. The number of anilines is 1. The van der Waals surface area contributed by atoms with E-state index >= 15 is 0 Å². The zero-order chi connectivity index (χ0) is 21.4. The van der Waals surface area contributed by atoms with Gasteiger partial charge in [0.1, 0.15) is 11.4 Å². The first-order valence-corrected chi connectivity index (χ1v) is 8.78. The molecule has 154 valence electrons. The van der Waals surface area contributed by atoms with E-state index in [1.54, 1.807) is 24.3 Å². The third-order valence-electron chi connectivity index (χ3n) is 4.08. The molecule has 2 rings (SSSR count). The lowest BCUT2D eigenvalue weighted by Crippen LogP contribution is -2.24. The number of ether oxygens (including phenoxy) is 3.